The highest BCUT2D eigenvalue weighted by molar-refractivity contribution is 14.1. The van der Waals surface area contributed by atoms with Crippen LogP contribution in [0.2, 0.25) is 0 Å². The van der Waals surface area contributed by atoms with Crippen LogP contribution in [0.15, 0.2) is 59.6 Å². The molecule has 102 valence electrons. The monoisotopic (exact) mass is 397 g/mol. The fourth-order valence-electron chi connectivity index (χ4n) is 2.28. The maximum atomic E-state index is 12.8. The molecule has 1 heterocycles. The zero-order chi connectivity index (χ0) is 14.3. The first-order chi connectivity index (χ1) is 9.51. The topological polar surface area (TPSA) is 39.1 Å². The Labute approximate surface area is 131 Å². The van der Waals surface area contributed by atoms with Gasteiger partial charge >= 0.3 is 0 Å². The van der Waals surface area contributed by atoms with Crippen molar-refractivity contribution < 1.29 is 8.42 Å². The first kappa shape index (κ1) is 13.6. The van der Waals surface area contributed by atoms with Crippen LogP contribution in [-0.4, -0.2) is 12.4 Å². The molecular formula is C15H12INO2S. The van der Waals surface area contributed by atoms with Gasteiger partial charge in [-0.15, -0.1) is 0 Å². The minimum atomic E-state index is -3.56. The molecule has 0 fully saturated rings. The average molecular weight is 397 g/mol. The van der Waals surface area contributed by atoms with Crippen LogP contribution in [-0.2, 0) is 10.0 Å². The molecular weight excluding hydrogens is 385 g/mol. The molecule has 3 rings (SSSR count). The van der Waals surface area contributed by atoms with Crippen LogP contribution in [0.3, 0.4) is 0 Å². The molecule has 0 aliphatic heterocycles. The third kappa shape index (κ3) is 2.05. The van der Waals surface area contributed by atoms with E-state index in [4.69, 9.17) is 0 Å². The lowest BCUT2D eigenvalue weighted by Crippen LogP contribution is -2.12. The highest BCUT2D eigenvalue weighted by Gasteiger charge is 2.21. The summed E-state index contributed by atoms with van der Waals surface area (Å²) in [5.74, 6) is 0. The zero-order valence-electron chi connectivity index (χ0n) is 10.7. The molecule has 0 saturated heterocycles. The molecule has 3 aromatic rings. The maximum absolute atomic E-state index is 12.8. The van der Waals surface area contributed by atoms with Gasteiger partial charge in [0.05, 0.1) is 10.4 Å². The Bertz CT molecular complexity index is 883. The Morgan fingerprint density at radius 3 is 2.40 bits per heavy atom. The van der Waals surface area contributed by atoms with E-state index in [-0.39, 0.29) is 0 Å². The Morgan fingerprint density at radius 2 is 1.70 bits per heavy atom. The minimum absolute atomic E-state index is 0.302. The van der Waals surface area contributed by atoms with Gasteiger partial charge in [-0.1, -0.05) is 36.4 Å². The highest BCUT2D eigenvalue weighted by atomic mass is 127. The van der Waals surface area contributed by atoms with E-state index in [2.05, 4.69) is 22.6 Å². The van der Waals surface area contributed by atoms with Crippen molar-refractivity contribution in [1.82, 2.24) is 3.97 Å². The number of hydrogen-bond acceptors (Lipinski definition) is 2. The van der Waals surface area contributed by atoms with Crippen LogP contribution in [0.1, 0.15) is 5.56 Å². The number of benzene rings is 2. The molecule has 0 saturated carbocycles. The summed E-state index contributed by atoms with van der Waals surface area (Å²) in [6, 6.07) is 14.3. The molecule has 2 aromatic carbocycles. The van der Waals surface area contributed by atoms with E-state index in [0.717, 1.165) is 20.0 Å². The summed E-state index contributed by atoms with van der Waals surface area (Å²) in [6.07, 6.45) is 1.68. The second-order valence-corrected chi connectivity index (χ2v) is 7.54. The third-order valence-electron chi connectivity index (χ3n) is 3.25. The van der Waals surface area contributed by atoms with Crippen molar-refractivity contribution in [3.8, 4) is 0 Å². The molecule has 20 heavy (non-hydrogen) atoms. The van der Waals surface area contributed by atoms with E-state index in [1.807, 2.05) is 31.2 Å². The predicted molar refractivity (Wildman–Crippen MR) is 88.4 cm³/mol. The van der Waals surface area contributed by atoms with Gasteiger partial charge in [0, 0.05) is 15.2 Å². The normalized spacial score (nSPS) is 11.9. The van der Waals surface area contributed by atoms with E-state index in [0.29, 0.717) is 4.90 Å². The second kappa shape index (κ2) is 4.89. The summed E-state index contributed by atoms with van der Waals surface area (Å²) in [4.78, 5) is 0.302. The SMILES string of the molecule is Cc1cccc2c(I)cn(S(=O)(=O)c3ccccc3)c12. The Kier molecular flexibility index (Phi) is 3.33. The van der Waals surface area contributed by atoms with Gasteiger partial charge in [-0.2, -0.15) is 0 Å². The number of aryl methyl sites for hydroxylation is 1. The van der Waals surface area contributed by atoms with Crippen LogP contribution in [0.5, 0.6) is 0 Å². The van der Waals surface area contributed by atoms with Gasteiger partial charge < -0.3 is 0 Å². The van der Waals surface area contributed by atoms with E-state index in [1.54, 1.807) is 30.5 Å². The Balaban J connectivity index is 2.36. The van der Waals surface area contributed by atoms with E-state index >= 15 is 0 Å². The van der Waals surface area contributed by atoms with E-state index in [9.17, 15) is 8.42 Å². The molecule has 0 spiro atoms. The Morgan fingerprint density at radius 1 is 1.00 bits per heavy atom. The van der Waals surface area contributed by atoms with Gasteiger partial charge in [-0.3, -0.25) is 0 Å². The third-order valence-corrected chi connectivity index (χ3v) is 5.78. The molecule has 0 aliphatic carbocycles. The molecule has 0 N–H and O–H groups in total. The number of nitrogens with zero attached hydrogens (tertiary/aromatic N) is 1. The molecule has 5 heteroatoms. The van der Waals surface area contributed by atoms with Crippen LogP contribution in [0.4, 0.5) is 0 Å². The molecule has 1 aromatic heterocycles. The number of rotatable bonds is 2. The predicted octanol–water partition coefficient (Wildman–Crippen LogP) is 3.79. The van der Waals surface area contributed by atoms with Gasteiger partial charge in [-0.25, -0.2) is 12.4 Å². The minimum Gasteiger partial charge on any atom is -0.240 e. The highest BCUT2D eigenvalue weighted by Crippen LogP contribution is 2.29. The molecule has 3 nitrogen and oxygen atoms in total. The van der Waals surface area contributed by atoms with Crippen LogP contribution in [0, 0.1) is 10.5 Å². The van der Waals surface area contributed by atoms with Crippen molar-refractivity contribution in [3.05, 3.63) is 63.9 Å². The Hall–Kier alpha value is -1.34. The summed E-state index contributed by atoms with van der Waals surface area (Å²) < 4.78 is 27.9. The van der Waals surface area contributed by atoms with Crippen molar-refractivity contribution in [2.75, 3.05) is 0 Å². The zero-order valence-corrected chi connectivity index (χ0v) is 13.7. The fraction of sp³-hybridized carbons (Fsp3) is 0.0667. The van der Waals surface area contributed by atoms with Crippen molar-refractivity contribution >= 4 is 43.5 Å². The number of para-hydroxylation sites is 1. The largest absolute Gasteiger partial charge is 0.268 e. The van der Waals surface area contributed by atoms with Crippen molar-refractivity contribution in [1.29, 1.82) is 0 Å². The van der Waals surface area contributed by atoms with Crippen LogP contribution >= 0.6 is 22.6 Å². The molecule has 0 aliphatic rings. The molecule has 0 bridgehead atoms. The van der Waals surface area contributed by atoms with Gasteiger partial charge in [0.1, 0.15) is 0 Å². The van der Waals surface area contributed by atoms with Crippen molar-refractivity contribution in [2.24, 2.45) is 0 Å². The smallest absolute Gasteiger partial charge is 0.240 e. The summed E-state index contributed by atoms with van der Waals surface area (Å²) in [6.45, 7) is 1.93. The second-order valence-electron chi connectivity index (χ2n) is 4.56. The first-order valence-corrected chi connectivity index (χ1v) is 8.60. The van der Waals surface area contributed by atoms with Gasteiger partial charge in [0.15, 0.2) is 0 Å². The average Bonchev–Trinajstić information content (AvgIpc) is 2.80. The number of halogens is 1. The lowest BCUT2D eigenvalue weighted by atomic mass is 10.2. The summed E-state index contributed by atoms with van der Waals surface area (Å²) in [5.41, 5.74) is 1.70. The van der Waals surface area contributed by atoms with Gasteiger partial charge in [0.2, 0.25) is 0 Å². The van der Waals surface area contributed by atoms with Crippen LogP contribution < -0.4 is 0 Å². The summed E-state index contributed by atoms with van der Waals surface area (Å²) in [7, 11) is -3.56. The number of fused-ring (bicyclic) bond motifs is 1. The first-order valence-electron chi connectivity index (χ1n) is 6.08. The molecule has 0 atom stereocenters. The van der Waals surface area contributed by atoms with Crippen molar-refractivity contribution in [2.45, 2.75) is 11.8 Å². The van der Waals surface area contributed by atoms with Crippen molar-refractivity contribution in [3.63, 3.8) is 0 Å². The lowest BCUT2D eigenvalue weighted by Gasteiger charge is -2.08. The van der Waals surface area contributed by atoms with E-state index in [1.165, 1.54) is 3.97 Å². The molecule has 0 unspecified atom stereocenters. The standard InChI is InChI=1S/C15H12INO2S/c1-11-6-5-9-13-14(16)10-17(15(11)13)20(18,19)12-7-3-2-4-8-12/h2-10H,1H3. The quantitative estimate of drug-likeness (QED) is 0.618. The summed E-state index contributed by atoms with van der Waals surface area (Å²) in [5, 5.41) is 0.963. The fourth-order valence-corrected chi connectivity index (χ4v) is 4.63. The number of hydrogen-bond donors (Lipinski definition) is 0. The molecule has 0 radical (unpaired) electrons. The number of aromatic nitrogens is 1. The van der Waals surface area contributed by atoms with Gasteiger partial charge in [0.25, 0.3) is 10.0 Å². The summed E-state index contributed by atoms with van der Waals surface area (Å²) >= 11 is 2.17. The van der Waals surface area contributed by atoms with E-state index < -0.39 is 10.0 Å². The maximum Gasteiger partial charge on any atom is 0.268 e. The lowest BCUT2D eigenvalue weighted by molar-refractivity contribution is 0.589. The molecule has 0 amide bonds. The van der Waals surface area contributed by atoms with Gasteiger partial charge in [-0.05, 0) is 47.2 Å². The van der Waals surface area contributed by atoms with Crippen LogP contribution in [0.25, 0.3) is 10.9 Å².